The van der Waals surface area contributed by atoms with Gasteiger partial charge in [-0.1, -0.05) is 36.4 Å². The molecule has 1 aliphatic rings. The molecule has 0 unspecified atom stereocenters. The van der Waals surface area contributed by atoms with E-state index in [4.69, 9.17) is 14.2 Å². The molecule has 3 rings (SSSR count). The van der Waals surface area contributed by atoms with E-state index in [1.165, 1.54) is 0 Å². The molecule has 6 nitrogen and oxygen atoms in total. The van der Waals surface area contributed by atoms with Crippen LogP contribution in [-0.2, 0) is 27.4 Å². The molecule has 26 heavy (non-hydrogen) atoms. The molecule has 0 bridgehead atoms. The Hall–Kier alpha value is -1.96. The van der Waals surface area contributed by atoms with Crippen LogP contribution in [0.15, 0.2) is 53.3 Å². The Morgan fingerprint density at radius 3 is 2.69 bits per heavy atom. The van der Waals surface area contributed by atoms with Crippen molar-refractivity contribution in [2.75, 3.05) is 19.8 Å². The molecule has 1 aromatic heterocycles. The Balaban J connectivity index is 1.62. The van der Waals surface area contributed by atoms with Crippen molar-refractivity contribution < 1.29 is 19.0 Å². The number of hydrogen-bond donors (Lipinski definition) is 0. The van der Waals surface area contributed by atoms with Crippen LogP contribution in [0.1, 0.15) is 17.5 Å². The molecule has 2 heterocycles. The van der Waals surface area contributed by atoms with Crippen molar-refractivity contribution in [2.24, 2.45) is 0 Å². The molecule has 0 spiro atoms. The van der Waals surface area contributed by atoms with Gasteiger partial charge in [0, 0.05) is 24.7 Å². The Kier molecular flexibility index (Phi) is 6.99. The third kappa shape index (κ3) is 5.52. The maximum atomic E-state index is 12.6. The SMILES string of the molecule is O=C(OCc1ccccc1)N(CCC1OCCO1)Cc1cccnc1Br. The first-order valence-corrected chi connectivity index (χ1v) is 9.30. The van der Waals surface area contributed by atoms with Gasteiger partial charge in [0.2, 0.25) is 0 Å². The molecule has 1 aliphatic heterocycles. The normalized spacial score (nSPS) is 14.3. The third-order valence-electron chi connectivity index (χ3n) is 3.99. The number of carbonyl (C=O) groups is 1. The van der Waals surface area contributed by atoms with Gasteiger partial charge in [0.15, 0.2) is 6.29 Å². The van der Waals surface area contributed by atoms with Gasteiger partial charge < -0.3 is 19.1 Å². The highest BCUT2D eigenvalue weighted by Gasteiger charge is 2.22. The Morgan fingerprint density at radius 1 is 1.19 bits per heavy atom. The molecule has 1 saturated heterocycles. The number of carbonyl (C=O) groups excluding carboxylic acids is 1. The molecular formula is C19H21BrN2O4. The highest BCUT2D eigenvalue weighted by Crippen LogP contribution is 2.17. The smallest absolute Gasteiger partial charge is 0.410 e. The lowest BCUT2D eigenvalue weighted by atomic mass is 10.2. The minimum Gasteiger partial charge on any atom is -0.445 e. The maximum Gasteiger partial charge on any atom is 0.410 e. The van der Waals surface area contributed by atoms with E-state index >= 15 is 0 Å². The van der Waals surface area contributed by atoms with Crippen molar-refractivity contribution in [2.45, 2.75) is 25.9 Å². The minimum absolute atomic E-state index is 0.237. The summed E-state index contributed by atoms with van der Waals surface area (Å²) in [5.41, 5.74) is 1.86. The van der Waals surface area contributed by atoms with Gasteiger partial charge >= 0.3 is 6.09 Å². The number of benzene rings is 1. The lowest BCUT2D eigenvalue weighted by molar-refractivity contribution is -0.0514. The fourth-order valence-electron chi connectivity index (χ4n) is 2.62. The topological polar surface area (TPSA) is 60.9 Å². The van der Waals surface area contributed by atoms with Crippen molar-refractivity contribution in [1.29, 1.82) is 0 Å². The zero-order chi connectivity index (χ0) is 18.2. The van der Waals surface area contributed by atoms with Crippen LogP contribution in [0.2, 0.25) is 0 Å². The van der Waals surface area contributed by atoms with Crippen molar-refractivity contribution in [3.63, 3.8) is 0 Å². The fourth-order valence-corrected chi connectivity index (χ4v) is 3.00. The fraction of sp³-hybridized carbons (Fsp3) is 0.368. The summed E-state index contributed by atoms with van der Waals surface area (Å²) in [6.45, 7) is 2.30. The molecule has 2 aromatic rings. The second-order valence-corrected chi connectivity index (χ2v) is 6.63. The molecule has 0 aliphatic carbocycles. The molecule has 1 fully saturated rings. The predicted molar refractivity (Wildman–Crippen MR) is 99.3 cm³/mol. The lowest BCUT2D eigenvalue weighted by Crippen LogP contribution is -2.34. The van der Waals surface area contributed by atoms with Gasteiger partial charge in [0.05, 0.1) is 19.8 Å². The van der Waals surface area contributed by atoms with Gasteiger partial charge in [-0.15, -0.1) is 0 Å². The second kappa shape index (κ2) is 9.66. The molecule has 0 N–H and O–H groups in total. The first-order valence-electron chi connectivity index (χ1n) is 8.50. The van der Waals surface area contributed by atoms with Gasteiger partial charge in [-0.05, 0) is 27.6 Å². The van der Waals surface area contributed by atoms with E-state index in [1.54, 1.807) is 11.1 Å². The predicted octanol–water partition coefficient (Wildman–Crippen LogP) is 3.75. The van der Waals surface area contributed by atoms with Crippen LogP contribution < -0.4 is 0 Å². The van der Waals surface area contributed by atoms with Gasteiger partial charge in [-0.25, -0.2) is 9.78 Å². The summed E-state index contributed by atoms with van der Waals surface area (Å²) >= 11 is 3.43. The van der Waals surface area contributed by atoms with E-state index in [-0.39, 0.29) is 19.0 Å². The standard InChI is InChI=1S/C19H21BrN2O4/c20-18-16(7-4-9-21-18)13-22(10-8-17-24-11-12-25-17)19(23)26-14-15-5-2-1-3-6-15/h1-7,9,17H,8,10-14H2. The van der Waals surface area contributed by atoms with Crippen LogP contribution >= 0.6 is 15.9 Å². The minimum atomic E-state index is -0.373. The van der Waals surface area contributed by atoms with Crippen LogP contribution in [0.25, 0.3) is 0 Å². The molecule has 7 heteroatoms. The van der Waals surface area contributed by atoms with E-state index < -0.39 is 0 Å². The van der Waals surface area contributed by atoms with Crippen LogP contribution in [0.5, 0.6) is 0 Å². The Morgan fingerprint density at radius 2 is 1.96 bits per heavy atom. The number of amides is 1. The Labute approximate surface area is 161 Å². The summed E-state index contributed by atoms with van der Waals surface area (Å²) in [6.07, 6.45) is 1.66. The Bertz CT molecular complexity index is 708. The van der Waals surface area contributed by atoms with Crippen LogP contribution in [0, 0.1) is 0 Å². The summed E-state index contributed by atoms with van der Waals surface area (Å²) in [5, 5.41) is 0. The highest BCUT2D eigenvalue weighted by molar-refractivity contribution is 9.10. The van der Waals surface area contributed by atoms with Gasteiger partial charge in [0.1, 0.15) is 11.2 Å². The molecular weight excluding hydrogens is 400 g/mol. The van der Waals surface area contributed by atoms with E-state index in [0.29, 0.717) is 37.3 Å². The zero-order valence-electron chi connectivity index (χ0n) is 14.3. The lowest BCUT2D eigenvalue weighted by Gasteiger charge is -2.23. The van der Waals surface area contributed by atoms with Crippen molar-refractivity contribution >= 4 is 22.0 Å². The summed E-state index contributed by atoms with van der Waals surface area (Å²) in [5.74, 6) is 0. The quantitative estimate of drug-likeness (QED) is 0.638. The first-order chi connectivity index (χ1) is 12.7. The summed E-state index contributed by atoms with van der Waals surface area (Å²) in [4.78, 5) is 18.5. The van der Waals surface area contributed by atoms with E-state index in [2.05, 4.69) is 20.9 Å². The van der Waals surface area contributed by atoms with Crippen LogP contribution in [0.3, 0.4) is 0 Å². The van der Waals surface area contributed by atoms with E-state index in [0.717, 1.165) is 11.1 Å². The number of nitrogens with zero attached hydrogens (tertiary/aromatic N) is 2. The largest absolute Gasteiger partial charge is 0.445 e. The number of pyridine rings is 1. The number of aromatic nitrogens is 1. The molecule has 0 atom stereocenters. The molecule has 138 valence electrons. The number of rotatable bonds is 7. The van der Waals surface area contributed by atoms with Gasteiger partial charge in [-0.2, -0.15) is 0 Å². The number of hydrogen-bond acceptors (Lipinski definition) is 5. The number of halogens is 1. The van der Waals surface area contributed by atoms with Gasteiger partial charge in [0.25, 0.3) is 0 Å². The second-order valence-electron chi connectivity index (χ2n) is 5.87. The van der Waals surface area contributed by atoms with E-state index in [9.17, 15) is 4.79 Å². The van der Waals surface area contributed by atoms with Crippen molar-refractivity contribution in [3.8, 4) is 0 Å². The monoisotopic (exact) mass is 420 g/mol. The maximum absolute atomic E-state index is 12.6. The van der Waals surface area contributed by atoms with E-state index in [1.807, 2.05) is 42.5 Å². The first kappa shape index (κ1) is 18.8. The summed E-state index contributed by atoms with van der Waals surface area (Å²) in [7, 11) is 0. The molecule has 0 radical (unpaired) electrons. The van der Waals surface area contributed by atoms with Crippen molar-refractivity contribution in [3.05, 3.63) is 64.4 Å². The average Bonchev–Trinajstić information content (AvgIpc) is 3.19. The van der Waals surface area contributed by atoms with Crippen LogP contribution in [-0.4, -0.2) is 42.0 Å². The highest BCUT2D eigenvalue weighted by atomic mass is 79.9. The van der Waals surface area contributed by atoms with Gasteiger partial charge in [-0.3, -0.25) is 0 Å². The summed E-state index contributed by atoms with van der Waals surface area (Å²) in [6, 6.07) is 13.4. The molecule has 1 aromatic carbocycles. The average molecular weight is 421 g/mol. The zero-order valence-corrected chi connectivity index (χ0v) is 15.9. The van der Waals surface area contributed by atoms with Crippen LogP contribution in [0.4, 0.5) is 4.79 Å². The molecule has 1 amide bonds. The van der Waals surface area contributed by atoms with Crippen molar-refractivity contribution in [1.82, 2.24) is 9.88 Å². The molecule has 0 saturated carbocycles. The summed E-state index contributed by atoms with van der Waals surface area (Å²) < 4.78 is 17.1. The third-order valence-corrected chi connectivity index (χ3v) is 4.70. The number of ether oxygens (including phenoxy) is 3.